The highest BCUT2D eigenvalue weighted by molar-refractivity contribution is 5.91. The van der Waals surface area contributed by atoms with Crippen LogP contribution in [-0.2, 0) is 15.6 Å². The van der Waals surface area contributed by atoms with Gasteiger partial charge in [0.05, 0.1) is 0 Å². The van der Waals surface area contributed by atoms with Gasteiger partial charge in [-0.25, -0.2) is 0 Å². The summed E-state index contributed by atoms with van der Waals surface area (Å²) in [7, 11) is 0. The molecular formula is C25H34O. The van der Waals surface area contributed by atoms with Crippen LogP contribution in [0.1, 0.15) is 89.5 Å². The fourth-order valence-electron chi connectivity index (χ4n) is 3.25. The van der Waals surface area contributed by atoms with Crippen molar-refractivity contribution in [3.63, 3.8) is 0 Å². The summed E-state index contributed by atoms with van der Waals surface area (Å²) < 4.78 is 0. The number of carbonyl (C=O) groups excluding carboxylic acids is 1. The third-order valence-corrected chi connectivity index (χ3v) is 5.36. The molecule has 1 heteroatoms. The number of carbonyl (C=O) groups is 1. The lowest BCUT2D eigenvalue weighted by Gasteiger charge is -2.24. The van der Waals surface area contributed by atoms with Crippen molar-refractivity contribution >= 4 is 5.78 Å². The van der Waals surface area contributed by atoms with Crippen molar-refractivity contribution in [2.75, 3.05) is 0 Å². The molecule has 26 heavy (non-hydrogen) atoms. The first-order valence-electron chi connectivity index (χ1n) is 9.66. The van der Waals surface area contributed by atoms with E-state index >= 15 is 0 Å². The minimum Gasteiger partial charge on any atom is -0.298 e. The number of rotatable bonds is 4. The van der Waals surface area contributed by atoms with Crippen molar-refractivity contribution in [1.82, 2.24) is 0 Å². The summed E-state index contributed by atoms with van der Waals surface area (Å²) in [4.78, 5) is 13.2. The van der Waals surface area contributed by atoms with Gasteiger partial charge in [0.2, 0.25) is 0 Å². The monoisotopic (exact) mass is 350 g/mol. The predicted octanol–water partition coefficient (Wildman–Crippen LogP) is 6.76. The van der Waals surface area contributed by atoms with Gasteiger partial charge in [-0.05, 0) is 33.1 Å². The zero-order valence-electron chi connectivity index (χ0n) is 17.7. The molecule has 140 valence electrons. The topological polar surface area (TPSA) is 17.1 Å². The van der Waals surface area contributed by atoms with Crippen molar-refractivity contribution < 1.29 is 4.79 Å². The molecule has 0 bridgehead atoms. The Morgan fingerprint density at radius 1 is 0.692 bits per heavy atom. The van der Waals surface area contributed by atoms with Gasteiger partial charge in [-0.3, -0.25) is 4.79 Å². The Morgan fingerprint density at radius 3 is 1.35 bits per heavy atom. The van der Waals surface area contributed by atoms with Crippen molar-refractivity contribution in [3.05, 3.63) is 70.8 Å². The average molecular weight is 351 g/mol. The van der Waals surface area contributed by atoms with Crippen molar-refractivity contribution in [1.29, 1.82) is 0 Å². The summed E-state index contributed by atoms with van der Waals surface area (Å²) in [5.41, 5.74) is 4.95. The van der Waals surface area contributed by atoms with Crippen LogP contribution in [0.5, 0.6) is 0 Å². The van der Waals surface area contributed by atoms with E-state index in [4.69, 9.17) is 0 Å². The van der Waals surface area contributed by atoms with E-state index in [0.29, 0.717) is 0 Å². The maximum atomic E-state index is 13.2. The van der Waals surface area contributed by atoms with Crippen LogP contribution in [0.3, 0.4) is 0 Å². The van der Waals surface area contributed by atoms with Crippen LogP contribution < -0.4 is 0 Å². The van der Waals surface area contributed by atoms with Gasteiger partial charge < -0.3 is 0 Å². The van der Waals surface area contributed by atoms with Gasteiger partial charge in [-0.15, -0.1) is 0 Å². The second kappa shape index (κ2) is 7.39. The Morgan fingerprint density at radius 2 is 1.04 bits per heavy atom. The molecule has 2 atom stereocenters. The Kier molecular flexibility index (Phi) is 5.80. The van der Waals surface area contributed by atoms with Crippen molar-refractivity contribution in [2.24, 2.45) is 0 Å². The molecule has 2 unspecified atom stereocenters. The second-order valence-corrected chi connectivity index (χ2v) is 9.60. The molecule has 0 aromatic heterocycles. The zero-order valence-corrected chi connectivity index (χ0v) is 17.7. The fourth-order valence-corrected chi connectivity index (χ4v) is 3.25. The average Bonchev–Trinajstić information content (AvgIpc) is 2.58. The van der Waals surface area contributed by atoms with Crippen LogP contribution >= 0.6 is 0 Å². The first-order chi connectivity index (χ1) is 11.9. The second-order valence-electron chi connectivity index (χ2n) is 9.60. The highest BCUT2D eigenvalue weighted by atomic mass is 16.1. The van der Waals surface area contributed by atoms with E-state index in [9.17, 15) is 4.79 Å². The SMILES string of the molecule is CC(C(=O)C(C)c1cccc(C(C)(C)C)c1)c1cccc(C(C)(C)C)c1. The molecule has 0 fully saturated rings. The summed E-state index contributed by atoms with van der Waals surface area (Å²) in [6.07, 6.45) is 0. The first-order valence-corrected chi connectivity index (χ1v) is 9.66. The number of hydrogen-bond acceptors (Lipinski definition) is 1. The maximum absolute atomic E-state index is 13.2. The molecule has 2 aromatic rings. The molecule has 0 saturated heterocycles. The largest absolute Gasteiger partial charge is 0.298 e. The standard InChI is InChI=1S/C25H34O/c1-17(19-11-9-13-21(15-19)24(3,4)5)23(26)18(2)20-12-10-14-22(16-20)25(6,7)8/h9-18H,1-8H3. The van der Waals surface area contributed by atoms with Gasteiger partial charge in [0, 0.05) is 11.8 Å². The lowest BCUT2D eigenvalue weighted by molar-refractivity contribution is -0.121. The van der Waals surface area contributed by atoms with Crippen LogP contribution in [0.25, 0.3) is 0 Å². The molecule has 0 N–H and O–H groups in total. The molecule has 0 aliphatic heterocycles. The summed E-state index contributed by atoms with van der Waals surface area (Å²) in [5.74, 6) is 0.0679. The van der Waals surface area contributed by atoms with Crippen molar-refractivity contribution in [2.45, 2.75) is 78.1 Å². The van der Waals surface area contributed by atoms with E-state index in [1.165, 1.54) is 11.1 Å². The van der Waals surface area contributed by atoms with Gasteiger partial charge in [-0.2, -0.15) is 0 Å². The molecule has 0 aliphatic rings. The summed E-state index contributed by atoms with van der Waals surface area (Å²) in [6.45, 7) is 17.3. The minimum absolute atomic E-state index is 0.0887. The van der Waals surface area contributed by atoms with Gasteiger partial charge >= 0.3 is 0 Å². The number of ketones is 1. The van der Waals surface area contributed by atoms with Crippen LogP contribution in [0.4, 0.5) is 0 Å². The Hall–Kier alpha value is -1.89. The van der Waals surface area contributed by atoms with E-state index in [-0.39, 0.29) is 28.4 Å². The molecule has 0 radical (unpaired) electrons. The predicted molar refractivity (Wildman–Crippen MR) is 112 cm³/mol. The van der Waals surface area contributed by atoms with E-state index in [0.717, 1.165) is 11.1 Å². The lowest BCUT2D eigenvalue weighted by atomic mass is 9.80. The summed E-state index contributed by atoms with van der Waals surface area (Å²) in [5, 5.41) is 0. The molecular weight excluding hydrogens is 316 g/mol. The molecule has 0 amide bonds. The number of benzene rings is 2. The third-order valence-electron chi connectivity index (χ3n) is 5.36. The summed E-state index contributed by atoms with van der Waals surface area (Å²) >= 11 is 0. The van der Waals surface area contributed by atoms with Crippen molar-refractivity contribution in [3.8, 4) is 0 Å². The lowest BCUT2D eigenvalue weighted by Crippen LogP contribution is -2.19. The molecule has 0 saturated carbocycles. The van der Waals surface area contributed by atoms with Gasteiger partial charge in [0.1, 0.15) is 5.78 Å². The van der Waals surface area contributed by atoms with Gasteiger partial charge in [-0.1, -0.05) is 104 Å². The highest BCUT2D eigenvalue weighted by Gasteiger charge is 2.25. The Bertz CT molecular complexity index is 706. The quantitative estimate of drug-likeness (QED) is 0.595. The molecule has 2 aromatic carbocycles. The third kappa shape index (κ3) is 4.63. The smallest absolute Gasteiger partial charge is 0.147 e. The van der Waals surface area contributed by atoms with Crippen LogP contribution in [0, 0.1) is 0 Å². The van der Waals surface area contributed by atoms with Gasteiger partial charge in [0.15, 0.2) is 0 Å². The van der Waals surface area contributed by atoms with E-state index in [2.05, 4.69) is 90.1 Å². The highest BCUT2D eigenvalue weighted by Crippen LogP contribution is 2.31. The first kappa shape index (κ1) is 20.4. The fraction of sp³-hybridized carbons (Fsp3) is 0.480. The molecule has 0 heterocycles. The van der Waals surface area contributed by atoms with Crippen LogP contribution in [0.2, 0.25) is 0 Å². The molecule has 2 rings (SSSR count). The Labute approximate surface area is 159 Å². The molecule has 0 spiro atoms. The summed E-state index contributed by atoms with van der Waals surface area (Å²) in [6, 6.07) is 17.0. The van der Waals surface area contributed by atoms with Gasteiger partial charge in [0.25, 0.3) is 0 Å². The molecule has 1 nitrogen and oxygen atoms in total. The number of Topliss-reactive ketones (excluding diaryl/α,β-unsaturated/α-hetero) is 1. The van der Waals surface area contributed by atoms with E-state index in [1.54, 1.807) is 0 Å². The Balaban J connectivity index is 2.28. The van der Waals surface area contributed by atoms with Crippen LogP contribution in [-0.4, -0.2) is 5.78 Å². The van der Waals surface area contributed by atoms with Crippen LogP contribution in [0.15, 0.2) is 48.5 Å². The minimum atomic E-state index is -0.106. The van der Waals surface area contributed by atoms with E-state index < -0.39 is 0 Å². The normalized spacial score (nSPS) is 14.8. The van der Waals surface area contributed by atoms with E-state index in [1.807, 2.05) is 13.8 Å². The number of hydrogen-bond donors (Lipinski definition) is 0. The zero-order chi connectivity index (χ0) is 19.7. The molecule has 0 aliphatic carbocycles. The maximum Gasteiger partial charge on any atom is 0.147 e.